The maximum Gasteiger partial charge on any atom is 0.124 e. The highest BCUT2D eigenvalue weighted by Crippen LogP contribution is 2.31. The van der Waals surface area contributed by atoms with Gasteiger partial charge in [0.05, 0.1) is 11.0 Å². The van der Waals surface area contributed by atoms with Gasteiger partial charge in [-0.25, -0.2) is 4.39 Å². The van der Waals surface area contributed by atoms with E-state index in [2.05, 4.69) is 67.6 Å². The predicted octanol–water partition coefficient (Wildman–Crippen LogP) is 5.96. The van der Waals surface area contributed by atoms with Crippen LogP contribution in [-0.4, -0.2) is 44.7 Å². The fourth-order valence-corrected chi connectivity index (χ4v) is 5.40. The summed E-state index contributed by atoms with van der Waals surface area (Å²) in [5.41, 5.74) is 8.93. The number of H-pyrrole nitrogens is 2. The summed E-state index contributed by atoms with van der Waals surface area (Å²) in [6.07, 6.45) is 15.7. The molecule has 0 atom stereocenters. The molecule has 0 fully saturated rings. The predicted molar refractivity (Wildman–Crippen MR) is 191 cm³/mol. The van der Waals surface area contributed by atoms with Crippen LogP contribution < -0.4 is 20.6 Å². The number of allylic oxidation sites excluding steroid dienone is 4. The zero-order valence-electron chi connectivity index (χ0n) is 26.4. The van der Waals surface area contributed by atoms with Crippen molar-refractivity contribution in [2.45, 2.75) is 40.8 Å². The minimum atomic E-state index is -1.44. The lowest BCUT2D eigenvalue weighted by molar-refractivity contribution is 0.624. The normalized spacial score (nSPS) is 13.4. The Labute approximate surface area is 260 Å². The summed E-state index contributed by atoms with van der Waals surface area (Å²) in [5.74, 6) is 7.87. The Morgan fingerprint density at radius 3 is 2.52 bits per heavy atom. The molecule has 0 bridgehead atoms. The van der Waals surface area contributed by atoms with Gasteiger partial charge in [-0.15, -0.1) is 0 Å². The number of nitrogens with one attached hydrogen (secondary N) is 4. The van der Waals surface area contributed by atoms with Crippen molar-refractivity contribution >= 4 is 44.4 Å². The second-order valence-corrected chi connectivity index (χ2v) is 13.8. The first-order chi connectivity index (χ1) is 21.0. The van der Waals surface area contributed by atoms with E-state index >= 15 is 0 Å². The number of rotatable bonds is 12. The van der Waals surface area contributed by atoms with Gasteiger partial charge in [-0.05, 0) is 103 Å². The molecular formula is C36H43FN6S. The number of nitrogens with zero attached hydrogens (tertiary/aromatic N) is 2. The topological polar surface area (TPSA) is 81.4 Å². The monoisotopic (exact) mass is 610 g/mol. The van der Waals surface area contributed by atoms with E-state index in [1.165, 1.54) is 0 Å². The second-order valence-electron chi connectivity index (χ2n) is 11.0. The molecule has 230 valence electrons. The van der Waals surface area contributed by atoms with Crippen molar-refractivity contribution in [1.29, 1.82) is 0 Å². The third kappa shape index (κ3) is 8.23. The zero-order valence-corrected chi connectivity index (χ0v) is 27.2. The molecule has 4 aromatic rings. The fraction of sp³-hybridized carbons (Fsp3) is 0.222. The number of benzene rings is 1. The number of pyridine rings is 1. The van der Waals surface area contributed by atoms with Crippen LogP contribution in [0.4, 0.5) is 4.39 Å². The lowest BCUT2D eigenvalue weighted by atomic mass is 9.95. The number of hydrogen-bond donors (Lipinski definition) is 4. The third-order valence-corrected chi connectivity index (χ3v) is 7.94. The van der Waals surface area contributed by atoms with Gasteiger partial charge in [-0.2, -0.15) is 14.5 Å². The number of halogens is 1. The van der Waals surface area contributed by atoms with Gasteiger partial charge in [0, 0.05) is 42.0 Å². The number of aromatic amines is 2. The molecular weight excluding hydrogens is 568 g/mol. The molecule has 6 nitrogen and oxygen atoms in total. The van der Waals surface area contributed by atoms with Crippen molar-refractivity contribution < 1.29 is 4.39 Å². The van der Waals surface area contributed by atoms with Crippen LogP contribution in [0.5, 0.6) is 0 Å². The lowest BCUT2D eigenvalue weighted by Crippen LogP contribution is -2.23. The van der Waals surface area contributed by atoms with Crippen LogP contribution in [-0.2, 0) is 13.1 Å². The van der Waals surface area contributed by atoms with Crippen LogP contribution in [0.15, 0.2) is 67.5 Å². The first kappa shape index (κ1) is 32.7. The van der Waals surface area contributed by atoms with Crippen molar-refractivity contribution in [2.24, 2.45) is 0 Å². The summed E-state index contributed by atoms with van der Waals surface area (Å²) < 4.78 is 18.2. The van der Waals surface area contributed by atoms with Crippen LogP contribution in [0, 0.1) is 12.7 Å². The maximum absolute atomic E-state index is 14.9. The molecule has 0 aliphatic carbocycles. The standard InChI is InChI=1S/C36H43FN6S/c1-9-12-13-31(28-15-26(17-30(37)18-28)22-40-44(6,7)8)32-19-35(41-25(32)5)36-33(34(10-2)42-43-36)14-24(4)29-16-27(20-38-11-3)21-39-23-29/h9-10,12-19,21,23,38,40-42H,4,6-7,11,20,22H2,1-3,5,8H3/b12-9-,31-13-,33-14+,34-10+. The van der Waals surface area contributed by atoms with Gasteiger partial charge in [0.2, 0.25) is 0 Å². The van der Waals surface area contributed by atoms with E-state index in [-0.39, 0.29) is 5.82 Å². The molecule has 44 heavy (non-hydrogen) atoms. The molecule has 3 aromatic heterocycles. The Morgan fingerprint density at radius 2 is 1.82 bits per heavy atom. The SMILES string of the molecule is C=C(/C=c1/c(-c2cc(/C(=C\C=C/C)c3cc(F)cc(CNS(=C)(=C)C)c3)c(C)[nH]2)n[nH]/c1=C/C)c1cncc(CNCC)c1. The molecule has 4 rings (SSSR count). The Kier molecular flexibility index (Phi) is 10.8. The molecule has 3 heterocycles. The Morgan fingerprint density at radius 1 is 1.05 bits per heavy atom. The molecule has 0 unspecified atom stereocenters. The van der Waals surface area contributed by atoms with Crippen molar-refractivity contribution in [3.63, 3.8) is 0 Å². The molecule has 0 aliphatic heterocycles. The number of aromatic nitrogens is 4. The first-order valence-corrected chi connectivity index (χ1v) is 17.0. The molecule has 0 spiro atoms. The smallest absolute Gasteiger partial charge is 0.124 e. The van der Waals surface area contributed by atoms with Crippen LogP contribution in [0.25, 0.3) is 34.7 Å². The Balaban J connectivity index is 1.78. The van der Waals surface area contributed by atoms with E-state index in [9.17, 15) is 4.39 Å². The van der Waals surface area contributed by atoms with Crippen LogP contribution in [0.1, 0.15) is 54.3 Å². The number of aryl methyl sites for hydroxylation is 1. The highest BCUT2D eigenvalue weighted by molar-refractivity contribution is 8.25. The van der Waals surface area contributed by atoms with Gasteiger partial charge in [0.25, 0.3) is 0 Å². The minimum Gasteiger partial charge on any atom is -0.357 e. The third-order valence-electron chi connectivity index (χ3n) is 7.09. The average Bonchev–Trinajstić information content (AvgIpc) is 3.57. The molecule has 0 saturated carbocycles. The minimum absolute atomic E-state index is 0.293. The highest BCUT2D eigenvalue weighted by atomic mass is 32.2. The summed E-state index contributed by atoms with van der Waals surface area (Å²) in [6, 6.07) is 9.33. The molecule has 0 amide bonds. The van der Waals surface area contributed by atoms with E-state index in [0.29, 0.717) is 6.54 Å². The van der Waals surface area contributed by atoms with E-state index in [0.717, 1.165) is 79.7 Å². The van der Waals surface area contributed by atoms with E-state index < -0.39 is 9.39 Å². The van der Waals surface area contributed by atoms with Crippen LogP contribution in [0.2, 0.25) is 0 Å². The molecule has 0 saturated heterocycles. The summed E-state index contributed by atoms with van der Waals surface area (Å²) in [4.78, 5) is 7.96. The highest BCUT2D eigenvalue weighted by Gasteiger charge is 2.16. The van der Waals surface area contributed by atoms with Crippen LogP contribution >= 0.6 is 9.39 Å². The molecule has 4 N–H and O–H groups in total. The lowest BCUT2D eigenvalue weighted by Gasteiger charge is -2.13. The van der Waals surface area contributed by atoms with Crippen LogP contribution in [0.3, 0.4) is 0 Å². The van der Waals surface area contributed by atoms with Gasteiger partial charge in [0.1, 0.15) is 11.5 Å². The van der Waals surface area contributed by atoms with Gasteiger partial charge in [0.15, 0.2) is 0 Å². The van der Waals surface area contributed by atoms with E-state index in [1.54, 1.807) is 12.1 Å². The molecule has 0 radical (unpaired) electrons. The second kappa shape index (κ2) is 14.5. The molecule has 8 heteroatoms. The quantitative estimate of drug-likeness (QED) is 0.118. The van der Waals surface area contributed by atoms with Crippen molar-refractivity contribution in [3.05, 3.63) is 117 Å². The van der Waals surface area contributed by atoms with E-state index in [4.69, 9.17) is 0 Å². The van der Waals surface area contributed by atoms with Gasteiger partial charge >= 0.3 is 0 Å². The van der Waals surface area contributed by atoms with Crippen molar-refractivity contribution in [1.82, 2.24) is 30.2 Å². The molecule has 1 aromatic carbocycles. The van der Waals surface area contributed by atoms with E-state index in [1.807, 2.05) is 75.9 Å². The number of hydrogen-bond acceptors (Lipinski definition) is 4. The summed E-state index contributed by atoms with van der Waals surface area (Å²) >= 11 is 0. The van der Waals surface area contributed by atoms with Gasteiger partial charge in [-0.1, -0.05) is 49.5 Å². The zero-order chi connectivity index (χ0) is 31.9. The van der Waals surface area contributed by atoms with Crippen molar-refractivity contribution in [3.8, 4) is 11.4 Å². The Bertz CT molecular complexity index is 1940. The fourth-order valence-electron chi connectivity index (χ4n) is 4.89. The van der Waals surface area contributed by atoms with Crippen molar-refractivity contribution in [2.75, 3.05) is 12.8 Å². The maximum atomic E-state index is 14.9. The first-order valence-electron chi connectivity index (χ1n) is 14.6. The molecule has 0 aliphatic rings. The Hall–Kier alpha value is -4.24. The summed E-state index contributed by atoms with van der Waals surface area (Å²) in [6.45, 7) is 14.5. The summed E-state index contributed by atoms with van der Waals surface area (Å²) in [5, 5.41) is 13.0. The largest absolute Gasteiger partial charge is 0.357 e. The van der Waals surface area contributed by atoms with Gasteiger partial charge < -0.3 is 10.3 Å². The summed E-state index contributed by atoms with van der Waals surface area (Å²) in [7, 11) is -1.44. The van der Waals surface area contributed by atoms with Gasteiger partial charge in [-0.3, -0.25) is 14.8 Å². The average molecular weight is 611 g/mol.